The first-order chi connectivity index (χ1) is 5.64. The van der Waals surface area contributed by atoms with Gasteiger partial charge in [-0.25, -0.2) is 0 Å². The van der Waals surface area contributed by atoms with Gasteiger partial charge in [-0.15, -0.1) is 0 Å². The topological polar surface area (TPSA) is 12.0 Å². The Hall–Kier alpha value is -0.0305. The van der Waals surface area contributed by atoms with Gasteiger partial charge in [-0.05, 0) is 0 Å². The van der Waals surface area contributed by atoms with E-state index < -0.39 is 6.10 Å². The van der Waals surface area contributed by atoms with Crippen molar-refractivity contribution in [3.8, 4) is 0 Å². The molecule has 0 amide bonds. The third-order valence-electron chi connectivity index (χ3n) is 1.63. The Balaban J connectivity index is 2.64. The summed E-state index contributed by atoms with van der Waals surface area (Å²) in [6, 6.07) is 10.5. The van der Waals surface area contributed by atoms with Crippen molar-refractivity contribution in [2.75, 3.05) is 18.4 Å². The number of anilines is 1. The van der Waals surface area contributed by atoms with Crippen LogP contribution in [0, 0.1) is 0 Å². The Morgan fingerprint density at radius 1 is 1.17 bits per heavy atom. The van der Waals surface area contributed by atoms with Gasteiger partial charge >= 0.3 is 80.9 Å². The molecular weight excluding hydrogens is 232 g/mol. The molecule has 1 aromatic carbocycles. The van der Waals surface area contributed by atoms with E-state index in [9.17, 15) is 0 Å². The first-order valence-electron chi connectivity index (χ1n) is 3.87. The normalized spacial score (nSPS) is 11.2. The van der Waals surface area contributed by atoms with Crippen LogP contribution in [-0.2, 0) is 0 Å². The molecule has 0 aliphatic heterocycles. The molecular formula is C9H15NPSe+. The molecule has 0 unspecified atom stereocenters. The molecule has 0 spiro atoms. The molecule has 0 saturated carbocycles. The second kappa shape index (κ2) is 4.28. The monoisotopic (exact) mass is 248 g/mol. The second-order valence-electron chi connectivity index (χ2n) is 3.01. The summed E-state index contributed by atoms with van der Waals surface area (Å²) in [5.74, 6) is 2.30. The van der Waals surface area contributed by atoms with Gasteiger partial charge in [0.05, 0.1) is 0 Å². The van der Waals surface area contributed by atoms with Crippen LogP contribution in [0.1, 0.15) is 0 Å². The van der Waals surface area contributed by atoms with Crippen molar-refractivity contribution >= 4 is 26.3 Å². The maximum absolute atomic E-state index is 3.61. The van der Waals surface area contributed by atoms with Gasteiger partial charge in [0.15, 0.2) is 0 Å². The summed E-state index contributed by atoms with van der Waals surface area (Å²) in [7, 11) is 0. The van der Waals surface area contributed by atoms with Gasteiger partial charge in [-0.2, -0.15) is 0 Å². The molecule has 66 valence electrons. The Labute approximate surface area is 81.1 Å². The van der Waals surface area contributed by atoms with E-state index in [1.807, 2.05) is 6.07 Å². The summed E-state index contributed by atoms with van der Waals surface area (Å²) in [5, 5.41) is 3.61. The average molecular weight is 247 g/mol. The van der Waals surface area contributed by atoms with Crippen molar-refractivity contribution in [2.45, 2.75) is 5.82 Å². The van der Waals surface area contributed by atoms with E-state index in [1.54, 1.807) is 0 Å². The summed E-state index contributed by atoms with van der Waals surface area (Å²) < 4.78 is 0. The zero-order valence-electron chi connectivity index (χ0n) is 7.74. The van der Waals surface area contributed by atoms with Gasteiger partial charge in [0, 0.05) is 0 Å². The predicted molar refractivity (Wildman–Crippen MR) is 60.5 cm³/mol. The Kier molecular flexibility index (Phi) is 3.58. The number of benzene rings is 1. The van der Waals surface area contributed by atoms with E-state index in [4.69, 9.17) is 0 Å². The quantitative estimate of drug-likeness (QED) is 0.639. The third-order valence-corrected chi connectivity index (χ3v) is 9.66. The van der Waals surface area contributed by atoms with Crippen LogP contribution in [0.15, 0.2) is 30.3 Å². The molecule has 12 heavy (non-hydrogen) atoms. The van der Waals surface area contributed by atoms with E-state index >= 15 is 0 Å². The van der Waals surface area contributed by atoms with E-state index in [2.05, 4.69) is 48.5 Å². The van der Waals surface area contributed by atoms with Gasteiger partial charge in [0.2, 0.25) is 0 Å². The Morgan fingerprint density at radius 3 is 2.25 bits per heavy atom. The van der Waals surface area contributed by atoms with E-state index in [-0.39, 0.29) is 0 Å². The van der Waals surface area contributed by atoms with E-state index in [1.165, 1.54) is 5.69 Å². The molecule has 0 bridgehead atoms. The van der Waals surface area contributed by atoms with Crippen LogP contribution in [0.5, 0.6) is 0 Å². The van der Waals surface area contributed by atoms with Gasteiger partial charge < -0.3 is 0 Å². The molecule has 1 rings (SSSR count). The molecule has 3 heteroatoms. The average Bonchev–Trinajstić information content (AvgIpc) is 2.06. The van der Waals surface area contributed by atoms with E-state index in [0.717, 1.165) is 14.5 Å². The fraction of sp³-hybridized carbons (Fsp3) is 0.333. The summed E-state index contributed by atoms with van der Waals surface area (Å²) in [5.41, 5.74) is 1.26. The number of rotatable bonds is 3. The predicted octanol–water partition coefficient (Wildman–Crippen LogP) is 2.96. The zero-order valence-corrected chi connectivity index (χ0v) is 10.3. The molecule has 0 saturated heterocycles. The van der Waals surface area contributed by atoms with Crippen molar-refractivity contribution in [1.29, 1.82) is 0 Å². The van der Waals surface area contributed by atoms with Crippen molar-refractivity contribution in [1.82, 2.24) is 0 Å². The van der Waals surface area contributed by atoms with E-state index in [0.29, 0.717) is 0 Å². The molecule has 0 aromatic heterocycles. The number of para-hydroxylation sites is 1. The van der Waals surface area contributed by atoms with Gasteiger partial charge in [0.1, 0.15) is 0 Å². The molecule has 0 aliphatic rings. The number of nitrogens with one attached hydrogen (secondary N) is 1. The van der Waals surface area contributed by atoms with Crippen LogP contribution < -0.4 is 5.09 Å². The molecule has 0 fully saturated rings. The number of hydrogen-bond acceptors (Lipinski definition) is 1. The molecule has 0 atom stereocenters. The third kappa shape index (κ3) is 3.15. The Bertz CT molecular complexity index is 236. The van der Waals surface area contributed by atoms with Crippen molar-refractivity contribution in [3.05, 3.63) is 30.3 Å². The maximum atomic E-state index is 3.61. The number of hydrogen-bond donors (Lipinski definition) is 1. The summed E-state index contributed by atoms with van der Waals surface area (Å²) in [6.45, 7) is 4.69. The molecule has 0 radical (unpaired) electrons. The summed E-state index contributed by atoms with van der Waals surface area (Å²) in [4.78, 5) is 0. The van der Waals surface area contributed by atoms with Crippen LogP contribution in [-0.4, -0.2) is 27.8 Å². The minimum atomic E-state index is -0.833. The fourth-order valence-corrected chi connectivity index (χ4v) is 2.97. The van der Waals surface area contributed by atoms with Gasteiger partial charge in [-0.1, -0.05) is 0 Å². The summed E-state index contributed by atoms with van der Waals surface area (Å²) >= 11 is 0.725. The molecule has 1 N–H and O–H groups in total. The summed E-state index contributed by atoms with van der Waals surface area (Å²) in [6.07, 6.45) is -0.833. The minimum absolute atomic E-state index is 0.725. The molecule has 0 aliphatic carbocycles. The van der Waals surface area contributed by atoms with Crippen LogP contribution in [0.4, 0.5) is 5.69 Å². The molecule has 1 nitrogen and oxygen atoms in total. The molecule has 0 heterocycles. The van der Waals surface area contributed by atoms with Crippen LogP contribution in [0.3, 0.4) is 0 Å². The standard InChI is InChI=1S/C9H15NPSe/c1-11(2,12-3)10-9-7-5-4-6-8-9/h4-8,10H,1-3H3/q+1. The van der Waals surface area contributed by atoms with Crippen molar-refractivity contribution in [2.24, 2.45) is 0 Å². The second-order valence-corrected chi connectivity index (χ2v) is 14.3. The molecule has 1 aromatic rings. The van der Waals surface area contributed by atoms with Crippen molar-refractivity contribution < 1.29 is 0 Å². The first kappa shape index (κ1) is 10.1. The Morgan fingerprint density at radius 2 is 1.75 bits per heavy atom. The fourth-order valence-electron chi connectivity index (χ4n) is 0.869. The van der Waals surface area contributed by atoms with Crippen LogP contribution in [0.2, 0.25) is 5.82 Å². The van der Waals surface area contributed by atoms with Crippen LogP contribution >= 0.6 is 6.10 Å². The first-order valence-corrected chi connectivity index (χ1v) is 10.5. The van der Waals surface area contributed by atoms with Gasteiger partial charge in [0.25, 0.3) is 0 Å². The zero-order chi connectivity index (χ0) is 9.03. The van der Waals surface area contributed by atoms with Gasteiger partial charge in [-0.3, -0.25) is 0 Å². The van der Waals surface area contributed by atoms with Crippen LogP contribution in [0.25, 0.3) is 0 Å². The van der Waals surface area contributed by atoms with Crippen molar-refractivity contribution in [3.63, 3.8) is 0 Å². The SMILES string of the molecule is C[Se][P+](C)(C)Nc1ccccc1.